The number of ether oxygens (including phenoxy) is 2. The third-order valence-corrected chi connectivity index (χ3v) is 8.49. The molecule has 5 aromatic rings. The minimum absolute atomic E-state index is 0.178. The van der Waals surface area contributed by atoms with E-state index in [0.717, 1.165) is 27.6 Å². The summed E-state index contributed by atoms with van der Waals surface area (Å²) in [7, 11) is 5.57. The fourth-order valence-corrected chi connectivity index (χ4v) is 6.47. The molecule has 2 heterocycles. The van der Waals surface area contributed by atoms with Gasteiger partial charge in [0.15, 0.2) is 4.80 Å². The minimum atomic E-state index is -0.843. The highest BCUT2D eigenvalue weighted by molar-refractivity contribution is 7.07. The summed E-state index contributed by atoms with van der Waals surface area (Å²) in [6, 6.07) is 28.5. The molecule has 0 unspecified atom stereocenters. The van der Waals surface area contributed by atoms with Crippen molar-refractivity contribution in [2.24, 2.45) is 4.99 Å². The van der Waals surface area contributed by atoms with Gasteiger partial charge in [0.2, 0.25) is 0 Å². The Morgan fingerprint density at radius 3 is 2.40 bits per heavy atom. The normalized spacial score (nSPS) is 14.8. The monoisotopic (exact) mass is 589 g/mol. The van der Waals surface area contributed by atoms with E-state index in [1.165, 1.54) is 11.3 Å². The maximum Gasteiger partial charge on any atom is 0.338 e. The molecular formula is C35H31N3O4S. The summed E-state index contributed by atoms with van der Waals surface area (Å²) in [6.45, 7) is 1.95. The number of thiazole rings is 1. The van der Waals surface area contributed by atoms with Gasteiger partial charge in [-0.3, -0.25) is 9.36 Å². The number of benzene rings is 4. The van der Waals surface area contributed by atoms with Crippen LogP contribution in [0.4, 0.5) is 5.69 Å². The van der Waals surface area contributed by atoms with E-state index in [1.54, 1.807) is 18.6 Å². The number of nitrogens with zero attached hydrogens (tertiary/aromatic N) is 3. The topological polar surface area (TPSA) is 73.1 Å². The average Bonchev–Trinajstić information content (AvgIpc) is 3.34. The van der Waals surface area contributed by atoms with Gasteiger partial charge in [0, 0.05) is 30.9 Å². The van der Waals surface area contributed by atoms with Gasteiger partial charge < -0.3 is 14.4 Å². The van der Waals surface area contributed by atoms with Crippen molar-refractivity contribution in [3.05, 3.63) is 133 Å². The zero-order chi connectivity index (χ0) is 30.1. The average molecular weight is 590 g/mol. The van der Waals surface area contributed by atoms with Gasteiger partial charge in [-0.05, 0) is 47.5 Å². The molecule has 0 radical (unpaired) electrons. The number of hydrogen-bond acceptors (Lipinski definition) is 7. The van der Waals surface area contributed by atoms with Crippen molar-refractivity contribution in [2.45, 2.75) is 13.0 Å². The largest absolute Gasteiger partial charge is 0.496 e. The fourth-order valence-electron chi connectivity index (χ4n) is 5.47. The van der Waals surface area contributed by atoms with Crippen molar-refractivity contribution in [1.29, 1.82) is 0 Å². The minimum Gasteiger partial charge on any atom is -0.496 e. The molecule has 0 amide bonds. The lowest BCUT2D eigenvalue weighted by atomic mass is 9.89. The Morgan fingerprint density at radius 2 is 1.70 bits per heavy atom. The molecule has 0 bridgehead atoms. The summed E-state index contributed by atoms with van der Waals surface area (Å²) in [6.07, 6.45) is 1.87. The van der Waals surface area contributed by atoms with Crippen molar-refractivity contribution in [3.63, 3.8) is 0 Å². The SMILES string of the molecule is CCOC(=O)C1=C(c2ccccc2)N=c2s/c(=C\c3ccc(N(C)C)cc3)c(=O)n2[C@H]1c1c(OC)ccc2ccccc12. The van der Waals surface area contributed by atoms with E-state index < -0.39 is 12.0 Å². The number of anilines is 1. The van der Waals surface area contributed by atoms with Crippen LogP contribution in [0.15, 0.2) is 106 Å². The van der Waals surface area contributed by atoms with E-state index in [1.807, 2.05) is 116 Å². The first kappa shape index (κ1) is 28.2. The number of carbonyl (C=O) groups is 1. The molecule has 216 valence electrons. The summed E-state index contributed by atoms with van der Waals surface area (Å²) in [5, 5.41) is 1.83. The van der Waals surface area contributed by atoms with Gasteiger partial charge in [0.25, 0.3) is 5.56 Å². The van der Waals surface area contributed by atoms with Crippen LogP contribution in [0, 0.1) is 0 Å². The smallest absolute Gasteiger partial charge is 0.338 e. The van der Waals surface area contributed by atoms with Crippen LogP contribution >= 0.6 is 11.3 Å². The number of fused-ring (bicyclic) bond motifs is 2. The molecule has 4 aromatic carbocycles. The molecule has 6 rings (SSSR count). The second kappa shape index (κ2) is 11.7. The Balaban J connectivity index is 1.70. The zero-order valence-corrected chi connectivity index (χ0v) is 25.2. The van der Waals surface area contributed by atoms with Gasteiger partial charge in [0.05, 0.1) is 29.5 Å². The summed E-state index contributed by atoms with van der Waals surface area (Å²) in [5.74, 6) is 0.0345. The summed E-state index contributed by atoms with van der Waals surface area (Å²) in [4.78, 5) is 35.7. The molecule has 0 N–H and O–H groups in total. The van der Waals surface area contributed by atoms with Crippen LogP contribution in [0.25, 0.3) is 22.5 Å². The first-order chi connectivity index (χ1) is 20.9. The Bertz CT molecular complexity index is 2040. The molecular weight excluding hydrogens is 558 g/mol. The van der Waals surface area contributed by atoms with E-state index in [9.17, 15) is 9.59 Å². The highest BCUT2D eigenvalue weighted by Crippen LogP contribution is 2.42. The molecule has 43 heavy (non-hydrogen) atoms. The van der Waals surface area contributed by atoms with Crippen LogP contribution < -0.4 is 24.5 Å². The highest BCUT2D eigenvalue weighted by Gasteiger charge is 2.37. The number of esters is 1. The quantitative estimate of drug-likeness (QED) is 0.245. The van der Waals surface area contributed by atoms with E-state index in [-0.39, 0.29) is 17.7 Å². The molecule has 1 aliphatic heterocycles. The third-order valence-electron chi connectivity index (χ3n) is 7.50. The first-order valence-corrected chi connectivity index (χ1v) is 14.8. The van der Waals surface area contributed by atoms with E-state index in [2.05, 4.69) is 0 Å². The number of methoxy groups -OCH3 is 1. The molecule has 1 aromatic heterocycles. The predicted molar refractivity (Wildman–Crippen MR) is 172 cm³/mol. The molecule has 1 atom stereocenters. The highest BCUT2D eigenvalue weighted by atomic mass is 32.1. The zero-order valence-electron chi connectivity index (χ0n) is 24.4. The molecule has 0 aliphatic carbocycles. The Labute approximate surface area is 253 Å². The summed E-state index contributed by atoms with van der Waals surface area (Å²) < 4.78 is 13.7. The maximum absolute atomic E-state index is 14.3. The van der Waals surface area contributed by atoms with Crippen molar-refractivity contribution >= 4 is 45.5 Å². The lowest BCUT2D eigenvalue weighted by molar-refractivity contribution is -0.138. The van der Waals surface area contributed by atoms with Crippen molar-refractivity contribution in [3.8, 4) is 5.75 Å². The Kier molecular flexibility index (Phi) is 7.69. The maximum atomic E-state index is 14.3. The van der Waals surface area contributed by atoms with E-state index in [0.29, 0.717) is 26.3 Å². The van der Waals surface area contributed by atoms with Gasteiger partial charge in [-0.2, -0.15) is 0 Å². The second-order valence-corrected chi connectivity index (χ2v) is 11.3. The van der Waals surface area contributed by atoms with Crippen molar-refractivity contribution < 1.29 is 14.3 Å². The summed E-state index contributed by atoms with van der Waals surface area (Å²) in [5.41, 5.74) is 3.94. The van der Waals surface area contributed by atoms with Crippen LogP contribution in [0.3, 0.4) is 0 Å². The van der Waals surface area contributed by atoms with Crippen LogP contribution in [-0.2, 0) is 9.53 Å². The van der Waals surface area contributed by atoms with Crippen LogP contribution in [0.2, 0.25) is 0 Å². The van der Waals surface area contributed by atoms with Gasteiger partial charge in [0.1, 0.15) is 11.8 Å². The molecule has 8 heteroatoms. The van der Waals surface area contributed by atoms with Gasteiger partial charge >= 0.3 is 5.97 Å². The Morgan fingerprint density at radius 1 is 0.977 bits per heavy atom. The number of carbonyl (C=O) groups excluding carboxylic acids is 1. The lowest BCUT2D eigenvalue weighted by Gasteiger charge is -2.28. The molecule has 0 saturated carbocycles. The van der Waals surface area contributed by atoms with Crippen molar-refractivity contribution in [2.75, 3.05) is 32.7 Å². The predicted octanol–water partition coefficient (Wildman–Crippen LogP) is 5.16. The van der Waals surface area contributed by atoms with Gasteiger partial charge in [-0.15, -0.1) is 0 Å². The first-order valence-electron chi connectivity index (χ1n) is 14.0. The standard InChI is InChI=1S/C35H31N3O4S/c1-5-42-34(40)30-31(24-12-7-6-8-13-24)36-35-38(32(30)29-26-14-10-9-11-23(26)17-20-27(29)41-4)33(39)28(43-35)21-22-15-18-25(19-16-22)37(2)3/h6-21,32H,5H2,1-4H3/b28-21-/t32-/m0/s1. The number of aromatic nitrogens is 1. The molecule has 0 spiro atoms. The lowest BCUT2D eigenvalue weighted by Crippen LogP contribution is -2.40. The molecule has 1 aliphatic rings. The van der Waals surface area contributed by atoms with Crippen LogP contribution in [-0.4, -0.2) is 38.3 Å². The number of rotatable bonds is 7. The van der Waals surface area contributed by atoms with E-state index in [4.69, 9.17) is 14.5 Å². The molecule has 0 fully saturated rings. The Hall–Kier alpha value is -4.95. The van der Waals surface area contributed by atoms with Crippen LogP contribution in [0.1, 0.15) is 29.7 Å². The van der Waals surface area contributed by atoms with Crippen molar-refractivity contribution in [1.82, 2.24) is 4.57 Å². The van der Waals surface area contributed by atoms with Crippen LogP contribution in [0.5, 0.6) is 5.75 Å². The second-order valence-electron chi connectivity index (χ2n) is 10.3. The van der Waals surface area contributed by atoms with Gasteiger partial charge in [-0.1, -0.05) is 84.1 Å². The molecule has 7 nitrogen and oxygen atoms in total. The fraction of sp³-hybridized carbons (Fsp3) is 0.171. The molecule has 0 saturated heterocycles. The number of hydrogen-bond donors (Lipinski definition) is 0. The van der Waals surface area contributed by atoms with Gasteiger partial charge in [-0.25, -0.2) is 9.79 Å². The van der Waals surface area contributed by atoms with E-state index >= 15 is 0 Å². The third kappa shape index (κ3) is 5.15. The summed E-state index contributed by atoms with van der Waals surface area (Å²) >= 11 is 1.30.